The first-order valence-corrected chi connectivity index (χ1v) is 7.72. The van der Waals surface area contributed by atoms with Crippen molar-refractivity contribution >= 4 is 11.3 Å². The summed E-state index contributed by atoms with van der Waals surface area (Å²) in [5.74, 6) is 0. The van der Waals surface area contributed by atoms with E-state index in [0.717, 1.165) is 19.5 Å². The highest BCUT2D eigenvalue weighted by molar-refractivity contribution is 7.09. The first-order valence-electron chi connectivity index (χ1n) is 6.84. The molecular weight excluding hydrogens is 252 g/mol. The van der Waals surface area contributed by atoms with Crippen LogP contribution in [0.15, 0.2) is 47.8 Å². The van der Waals surface area contributed by atoms with Gasteiger partial charge in [-0.25, -0.2) is 0 Å². The molecule has 3 heteroatoms. The molecule has 1 aromatic carbocycles. The molecule has 2 aromatic rings. The monoisotopic (exact) mass is 274 g/mol. The Morgan fingerprint density at radius 3 is 2.53 bits per heavy atom. The van der Waals surface area contributed by atoms with Crippen molar-refractivity contribution in [2.75, 3.05) is 13.1 Å². The van der Waals surface area contributed by atoms with Gasteiger partial charge < -0.3 is 5.73 Å². The van der Waals surface area contributed by atoms with E-state index < -0.39 is 0 Å². The summed E-state index contributed by atoms with van der Waals surface area (Å²) in [5.41, 5.74) is 7.35. The number of rotatable bonds is 7. The Balaban J connectivity index is 2.02. The van der Waals surface area contributed by atoms with Crippen LogP contribution in [-0.2, 0) is 13.0 Å². The molecule has 19 heavy (non-hydrogen) atoms. The maximum absolute atomic E-state index is 5.99. The van der Waals surface area contributed by atoms with Gasteiger partial charge in [0, 0.05) is 24.0 Å². The maximum Gasteiger partial charge on any atom is 0.0331 e. The van der Waals surface area contributed by atoms with Gasteiger partial charge in [-0.3, -0.25) is 4.90 Å². The first kappa shape index (κ1) is 14.3. The molecule has 0 saturated carbocycles. The zero-order chi connectivity index (χ0) is 13.5. The molecular formula is C16H22N2S. The van der Waals surface area contributed by atoms with Gasteiger partial charge in [0.2, 0.25) is 0 Å². The van der Waals surface area contributed by atoms with Crippen LogP contribution in [0.1, 0.15) is 17.4 Å². The molecule has 0 fully saturated rings. The van der Waals surface area contributed by atoms with E-state index >= 15 is 0 Å². The summed E-state index contributed by atoms with van der Waals surface area (Å²) in [4.78, 5) is 3.88. The number of benzene rings is 1. The lowest BCUT2D eigenvalue weighted by Crippen LogP contribution is -2.41. The quantitative estimate of drug-likeness (QED) is 0.840. The van der Waals surface area contributed by atoms with E-state index in [2.05, 4.69) is 59.7 Å². The second-order valence-corrected chi connectivity index (χ2v) is 5.75. The molecule has 0 spiro atoms. The second-order valence-electron chi connectivity index (χ2n) is 4.72. The number of nitrogens with two attached hydrogens (primary N) is 1. The highest BCUT2D eigenvalue weighted by atomic mass is 32.1. The summed E-state index contributed by atoms with van der Waals surface area (Å²) in [6.45, 7) is 4.95. The Morgan fingerprint density at radius 1 is 1.16 bits per heavy atom. The minimum absolute atomic E-state index is 0.412. The van der Waals surface area contributed by atoms with E-state index in [0.29, 0.717) is 12.6 Å². The molecule has 1 aromatic heterocycles. The minimum Gasteiger partial charge on any atom is -0.329 e. The molecule has 1 unspecified atom stereocenters. The van der Waals surface area contributed by atoms with Gasteiger partial charge in [0.25, 0.3) is 0 Å². The van der Waals surface area contributed by atoms with E-state index in [1.165, 1.54) is 10.4 Å². The molecule has 102 valence electrons. The van der Waals surface area contributed by atoms with Crippen molar-refractivity contribution < 1.29 is 0 Å². The topological polar surface area (TPSA) is 29.3 Å². The fourth-order valence-corrected chi connectivity index (χ4v) is 3.08. The van der Waals surface area contributed by atoms with Crippen molar-refractivity contribution in [3.8, 4) is 0 Å². The van der Waals surface area contributed by atoms with E-state index in [1.807, 2.05) is 11.3 Å². The lowest BCUT2D eigenvalue weighted by atomic mass is 10.0. The highest BCUT2D eigenvalue weighted by Gasteiger charge is 2.16. The van der Waals surface area contributed by atoms with Crippen LogP contribution in [0.4, 0.5) is 0 Å². The molecule has 0 saturated heterocycles. The van der Waals surface area contributed by atoms with Gasteiger partial charge in [-0.2, -0.15) is 0 Å². The van der Waals surface area contributed by atoms with Gasteiger partial charge in [-0.15, -0.1) is 11.3 Å². The van der Waals surface area contributed by atoms with Crippen LogP contribution in [0.5, 0.6) is 0 Å². The fourth-order valence-electron chi connectivity index (χ4n) is 2.35. The summed E-state index contributed by atoms with van der Waals surface area (Å²) in [7, 11) is 0. The summed E-state index contributed by atoms with van der Waals surface area (Å²) in [6.07, 6.45) is 1.02. The van der Waals surface area contributed by atoms with Crippen molar-refractivity contribution in [1.29, 1.82) is 0 Å². The van der Waals surface area contributed by atoms with Crippen molar-refractivity contribution in [3.05, 3.63) is 58.3 Å². The van der Waals surface area contributed by atoms with Crippen molar-refractivity contribution in [2.24, 2.45) is 5.73 Å². The van der Waals surface area contributed by atoms with Crippen molar-refractivity contribution in [1.82, 2.24) is 4.90 Å². The number of nitrogens with zero attached hydrogens (tertiary/aromatic N) is 1. The van der Waals surface area contributed by atoms with Gasteiger partial charge in [-0.1, -0.05) is 43.3 Å². The zero-order valence-corrected chi connectivity index (χ0v) is 12.3. The van der Waals surface area contributed by atoms with Crippen molar-refractivity contribution in [2.45, 2.75) is 25.9 Å². The average Bonchev–Trinajstić information content (AvgIpc) is 2.96. The second kappa shape index (κ2) is 7.43. The van der Waals surface area contributed by atoms with Crippen LogP contribution >= 0.6 is 11.3 Å². The lowest BCUT2D eigenvalue weighted by Gasteiger charge is -2.29. The molecule has 0 aliphatic carbocycles. The largest absolute Gasteiger partial charge is 0.329 e. The summed E-state index contributed by atoms with van der Waals surface area (Å²) in [6, 6.07) is 15.3. The Morgan fingerprint density at radius 2 is 1.95 bits per heavy atom. The Hall–Kier alpha value is -1.16. The van der Waals surface area contributed by atoms with E-state index in [9.17, 15) is 0 Å². The van der Waals surface area contributed by atoms with Gasteiger partial charge in [-0.05, 0) is 30.0 Å². The third-order valence-corrected chi connectivity index (χ3v) is 4.31. The van der Waals surface area contributed by atoms with Gasteiger partial charge in [0.1, 0.15) is 0 Å². The van der Waals surface area contributed by atoms with Crippen LogP contribution in [0.3, 0.4) is 0 Å². The smallest absolute Gasteiger partial charge is 0.0331 e. The molecule has 0 aliphatic heterocycles. The SMILES string of the molecule is CCN(Cc1cccs1)C(CN)Cc1ccccc1. The van der Waals surface area contributed by atoms with E-state index in [4.69, 9.17) is 5.73 Å². The molecule has 0 amide bonds. The standard InChI is InChI=1S/C16H22N2S/c1-2-18(13-16-9-6-10-19-16)15(12-17)11-14-7-4-3-5-8-14/h3-10,15H,2,11-13,17H2,1H3. The Kier molecular flexibility index (Phi) is 5.58. The molecule has 1 atom stereocenters. The number of hydrogen-bond acceptors (Lipinski definition) is 3. The Labute approximate surface area is 119 Å². The van der Waals surface area contributed by atoms with E-state index in [1.54, 1.807) is 0 Å². The highest BCUT2D eigenvalue weighted by Crippen LogP contribution is 2.15. The number of hydrogen-bond donors (Lipinski definition) is 1. The van der Waals surface area contributed by atoms with Gasteiger partial charge >= 0.3 is 0 Å². The molecule has 2 rings (SSSR count). The Bertz CT molecular complexity index is 453. The third kappa shape index (κ3) is 4.16. The minimum atomic E-state index is 0.412. The van der Waals surface area contributed by atoms with Gasteiger partial charge in [0.15, 0.2) is 0 Å². The van der Waals surface area contributed by atoms with Crippen LogP contribution in [0.25, 0.3) is 0 Å². The number of thiophene rings is 1. The van der Waals surface area contributed by atoms with E-state index in [-0.39, 0.29) is 0 Å². The molecule has 0 bridgehead atoms. The normalized spacial score (nSPS) is 12.8. The molecule has 2 nitrogen and oxygen atoms in total. The van der Waals surface area contributed by atoms with Crippen LogP contribution in [-0.4, -0.2) is 24.0 Å². The van der Waals surface area contributed by atoms with Crippen LogP contribution in [0.2, 0.25) is 0 Å². The molecule has 1 heterocycles. The van der Waals surface area contributed by atoms with Gasteiger partial charge in [0.05, 0.1) is 0 Å². The predicted molar refractivity (Wildman–Crippen MR) is 83.4 cm³/mol. The molecule has 2 N–H and O–H groups in total. The summed E-state index contributed by atoms with van der Waals surface area (Å²) < 4.78 is 0. The van der Waals surface area contributed by atoms with Crippen LogP contribution in [0, 0.1) is 0 Å². The van der Waals surface area contributed by atoms with Crippen molar-refractivity contribution in [3.63, 3.8) is 0 Å². The molecule has 0 radical (unpaired) electrons. The lowest BCUT2D eigenvalue weighted by molar-refractivity contribution is 0.202. The maximum atomic E-state index is 5.99. The zero-order valence-electron chi connectivity index (χ0n) is 11.5. The van der Waals surface area contributed by atoms with Crippen LogP contribution < -0.4 is 5.73 Å². The third-order valence-electron chi connectivity index (χ3n) is 3.45. The molecule has 0 aliphatic rings. The predicted octanol–water partition coefficient (Wildman–Crippen LogP) is 3.14. The summed E-state index contributed by atoms with van der Waals surface area (Å²) >= 11 is 1.82. The number of likely N-dealkylation sites (N-methyl/N-ethyl adjacent to an activating group) is 1. The first-order chi connectivity index (χ1) is 9.33. The average molecular weight is 274 g/mol. The fraction of sp³-hybridized carbons (Fsp3) is 0.375. The summed E-state index contributed by atoms with van der Waals surface area (Å²) in [5, 5.41) is 2.14.